The van der Waals surface area contributed by atoms with Gasteiger partial charge in [0, 0.05) is 6.54 Å². The van der Waals surface area contributed by atoms with E-state index in [4.69, 9.17) is 5.73 Å². The molecule has 0 radical (unpaired) electrons. The van der Waals surface area contributed by atoms with Gasteiger partial charge in [0.1, 0.15) is 0 Å². The Morgan fingerprint density at radius 3 is 2.35 bits per heavy atom. The van der Waals surface area contributed by atoms with Crippen LogP contribution in [0.1, 0.15) is 11.1 Å². The number of hydrogen-bond acceptors (Lipinski definition) is 3. The number of sulfone groups is 1. The van der Waals surface area contributed by atoms with Crippen LogP contribution in [0.4, 0.5) is 0 Å². The zero-order chi connectivity index (χ0) is 14.6. The van der Waals surface area contributed by atoms with Gasteiger partial charge in [0.2, 0.25) is 0 Å². The molecule has 0 aromatic heterocycles. The molecule has 0 saturated heterocycles. The molecule has 0 aliphatic carbocycles. The van der Waals surface area contributed by atoms with Gasteiger partial charge in [-0.2, -0.15) is 0 Å². The fourth-order valence-corrected chi connectivity index (χ4v) is 3.81. The zero-order valence-electron chi connectivity index (χ0n) is 11.5. The van der Waals surface area contributed by atoms with E-state index in [0.717, 1.165) is 11.1 Å². The second-order valence-electron chi connectivity index (χ2n) is 4.91. The molecule has 3 nitrogen and oxygen atoms in total. The maximum atomic E-state index is 12.6. The van der Waals surface area contributed by atoms with Crippen molar-refractivity contribution in [1.82, 2.24) is 0 Å². The van der Waals surface area contributed by atoms with Crippen molar-refractivity contribution in [3.8, 4) is 0 Å². The summed E-state index contributed by atoms with van der Waals surface area (Å²) in [6.45, 7) is 2.11. The van der Waals surface area contributed by atoms with Crippen LogP contribution in [0.2, 0.25) is 0 Å². The normalized spacial score (nSPS) is 13.1. The molecule has 0 aliphatic rings. The molecule has 0 amide bonds. The Hall–Kier alpha value is -1.65. The fourth-order valence-electron chi connectivity index (χ4n) is 2.22. The monoisotopic (exact) mass is 289 g/mol. The predicted molar refractivity (Wildman–Crippen MR) is 81.4 cm³/mol. The lowest BCUT2D eigenvalue weighted by Crippen LogP contribution is -2.32. The molecular weight excluding hydrogens is 270 g/mol. The summed E-state index contributed by atoms with van der Waals surface area (Å²) < 4.78 is 25.1. The van der Waals surface area contributed by atoms with Crippen LogP contribution in [-0.2, 0) is 16.3 Å². The second-order valence-corrected chi connectivity index (χ2v) is 7.14. The zero-order valence-corrected chi connectivity index (χ0v) is 12.3. The van der Waals surface area contributed by atoms with Crippen molar-refractivity contribution >= 4 is 9.84 Å². The highest BCUT2D eigenvalue weighted by atomic mass is 32.2. The van der Waals surface area contributed by atoms with Gasteiger partial charge in [0.15, 0.2) is 9.84 Å². The summed E-state index contributed by atoms with van der Waals surface area (Å²) in [5, 5.41) is -0.591. The third-order valence-electron chi connectivity index (χ3n) is 3.32. The van der Waals surface area contributed by atoms with Crippen molar-refractivity contribution < 1.29 is 8.42 Å². The van der Waals surface area contributed by atoms with E-state index in [1.54, 1.807) is 30.3 Å². The molecule has 2 aromatic carbocycles. The van der Waals surface area contributed by atoms with Gasteiger partial charge in [0.25, 0.3) is 0 Å². The van der Waals surface area contributed by atoms with E-state index in [9.17, 15) is 8.42 Å². The molecule has 1 atom stereocenters. The van der Waals surface area contributed by atoms with Gasteiger partial charge in [-0.15, -0.1) is 0 Å². The number of rotatable bonds is 5. The molecule has 0 saturated carbocycles. The Labute approximate surface area is 120 Å². The first-order valence-electron chi connectivity index (χ1n) is 6.58. The van der Waals surface area contributed by atoms with Gasteiger partial charge < -0.3 is 5.73 Å². The minimum absolute atomic E-state index is 0.116. The summed E-state index contributed by atoms with van der Waals surface area (Å²) in [4.78, 5) is 0.336. The first kappa shape index (κ1) is 14.8. The van der Waals surface area contributed by atoms with Gasteiger partial charge in [0.05, 0.1) is 10.1 Å². The van der Waals surface area contributed by atoms with Crippen molar-refractivity contribution in [2.24, 2.45) is 5.73 Å². The lowest BCUT2D eigenvalue weighted by molar-refractivity contribution is 0.578. The molecule has 0 spiro atoms. The third-order valence-corrected chi connectivity index (χ3v) is 5.49. The van der Waals surface area contributed by atoms with E-state index in [0.29, 0.717) is 11.3 Å². The fraction of sp³-hybridized carbons (Fsp3) is 0.250. The van der Waals surface area contributed by atoms with Crippen molar-refractivity contribution in [3.63, 3.8) is 0 Å². The van der Waals surface area contributed by atoms with E-state index in [2.05, 4.69) is 0 Å². The van der Waals surface area contributed by atoms with E-state index in [1.807, 2.05) is 31.2 Å². The second kappa shape index (κ2) is 6.20. The van der Waals surface area contributed by atoms with E-state index < -0.39 is 15.1 Å². The van der Waals surface area contributed by atoms with Crippen molar-refractivity contribution in [3.05, 3.63) is 65.7 Å². The van der Waals surface area contributed by atoms with Crippen LogP contribution in [0.3, 0.4) is 0 Å². The molecule has 0 fully saturated rings. The molecule has 106 valence electrons. The third kappa shape index (κ3) is 3.26. The van der Waals surface area contributed by atoms with Crippen LogP contribution in [-0.4, -0.2) is 20.2 Å². The van der Waals surface area contributed by atoms with Crippen molar-refractivity contribution in [2.45, 2.75) is 23.5 Å². The Bertz CT molecular complexity index is 666. The summed E-state index contributed by atoms with van der Waals surface area (Å²) in [6.07, 6.45) is 0.440. The standard InChI is InChI=1S/C16H19NO2S/c1-13-6-5-7-14(10-13)11-16(12-17)20(18,19)15-8-3-2-4-9-15/h2-10,16H,11-12,17H2,1H3. The van der Waals surface area contributed by atoms with Crippen LogP contribution in [0, 0.1) is 6.92 Å². The van der Waals surface area contributed by atoms with Crippen LogP contribution < -0.4 is 5.73 Å². The molecule has 2 N–H and O–H groups in total. The Balaban J connectivity index is 2.29. The average Bonchev–Trinajstić information content (AvgIpc) is 2.45. The van der Waals surface area contributed by atoms with Crippen molar-refractivity contribution in [1.29, 1.82) is 0 Å². The lowest BCUT2D eigenvalue weighted by atomic mass is 10.1. The summed E-state index contributed by atoms with van der Waals surface area (Å²) in [5.41, 5.74) is 7.82. The minimum Gasteiger partial charge on any atom is -0.329 e. The van der Waals surface area contributed by atoms with Crippen LogP contribution >= 0.6 is 0 Å². The maximum absolute atomic E-state index is 12.6. The summed E-state index contributed by atoms with van der Waals surface area (Å²) >= 11 is 0. The number of nitrogens with two attached hydrogens (primary N) is 1. The van der Waals surface area contributed by atoms with Gasteiger partial charge in [-0.1, -0.05) is 48.0 Å². The summed E-state index contributed by atoms with van der Waals surface area (Å²) in [7, 11) is -3.39. The first-order valence-corrected chi connectivity index (χ1v) is 8.13. The molecule has 2 aromatic rings. The predicted octanol–water partition coefficient (Wildman–Crippen LogP) is 2.34. The Morgan fingerprint density at radius 2 is 1.75 bits per heavy atom. The summed E-state index contributed by atoms with van der Waals surface area (Å²) in [5.74, 6) is 0. The number of hydrogen-bond donors (Lipinski definition) is 1. The largest absolute Gasteiger partial charge is 0.329 e. The van der Waals surface area contributed by atoms with E-state index in [-0.39, 0.29) is 6.54 Å². The highest BCUT2D eigenvalue weighted by Crippen LogP contribution is 2.19. The van der Waals surface area contributed by atoms with Gasteiger partial charge >= 0.3 is 0 Å². The van der Waals surface area contributed by atoms with Crippen molar-refractivity contribution in [2.75, 3.05) is 6.54 Å². The minimum atomic E-state index is -3.39. The molecule has 1 unspecified atom stereocenters. The van der Waals surface area contributed by atoms with E-state index in [1.165, 1.54) is 0 Å². The quantitative estimate of drug-likeness (QED) is 0.919. The highest BCUT2D eigenvalue weighted by molar-refractivity contribution is 7.92. The Kier molecular flexibility index (Phi) is 4.57. The lowest BCUT2D eigenvalue weighted by Gasteiger charge is -2.16. The van der Waals surface area contributed by atoms with Gasteiger partial charge in [-0.25, -0.2) is 8.42 Å². The van der Waals surface area contributed by atoms with Gasteiger partial charge in [-0.05, 0) is 31.0 Å². The number of benzene rings is 2. The smallest absolute Gasteiger partial charge is 0.182 e. The molecule has 0 bridgehead atoms. The molecule has 2 rings (SSSR count). The first-order chi connectivity index (χ1) is 9.54. The molecule has 0 aliphatic heterocycles. The van der Waals surface area contributed by atoms with Crippen LogP contribution in [0.25, 0.3) is 0 Å². The summed E-state index contributed by atoms with van der Waals surface area (Å²) in [6, 6.07) is 16.4. The molecule has 4 heteroatoms. The highest BCUT2D eigenvalue weighted by Gasteiger charge is 2.26. The maximum Gasteiger partial charge on any atom is 0.182 e. The van der Waals surface area contributed by atoms with Crippen LogP contribution in [0.15, 0.2) is 59.5 Å². The van der Waals surface area contributed by atoms with Gasteiger partial charge in [-0.3, -0.25) is 0 Å². The Morgan fingerprint density at radius 1 is 1.05 bits per heavy atom. The topological polar surface area (TPSA) is 60.2 Å². The van der Waals surface area contributed by atoms with E-state index >= 15 is 0 Å². The average molecular weight is 289 g/mol. The van der Waals surface area contributed by atoms with Crippen LogP contribution in [0.5, 0.6) is 0 Å². The number of aryl methyl sites for hydroxylation is 1. The molecule has 0 heterocycles. The molecular formula is C16H19NO2S. The molecule has 20 heavy (non-hydrogen) atoms. The SMILES string of the molecule is Cc1cccc(CC(CN)S(=O)(=O)c2ccccc2)c1.